The minimum absolute atomic E-state index is 0.133. The normalized spacial score (nSPS) is 17.7. The topological polar surface area (TPSA) is 62.6 Å². The Morgan fingerprint density at radius 1 is 1.07 bits per heavy atom. The number of benzene rings is 2. The van der Waals surface area contributed by atoms with Crippen molar-refractivity contribution in [3.8, 4) is 11.4 Å². The number of nitrogens with zero attached hydrogens (tertiary/aromatic N) is 2. The van der Waals surface area contributed by atoms with Crippen LogP contribution in [0.1, 0.15) is 33.3 Å². The fraction of sp³-hybridized carbons (Fsp3) is 0.364. The average Bonchev–Trinajstić information content (AvgIpc) is 2.89. The van der Waals surface area contributed by atoms with Gasteiger partial charge in [0.05, 0.1) is 34.9 Å². The fourth-order valence-electron chi connectivity index (χ4n) is 3.53. The number of hydrogen-bond acceptors (Lipinski definition) is 5. The van der Waals surface area contributed by atoms with E-state index in [4.69, 9.17) is 14.0 Å². The third-order valence-electron chi connectivity index (χ3n) is 6.08. The predicted molar refractivity (Wildman–Crippen MR) is 114 cm³/mol. The Morgan fingerprint density at radius 2 is 1.76 bits per heavy atom. The highest BCUT2D eigenvalue weighted by molar-refractivity contribution is 6.62. The van der Waals surface area contributed by atoms with Crippen molar-refractivity contribution in [2.24, 2.45) is 0 Å². The van der Waals surface area contributed by atoms with E-state index in [2.05, 4.69) is 4.98 Å². The maximum absolute atomic E-state index is 13.1. The van der Waals surface area contributed by atoms with Gasteiger partial charge in [-0.05, 0) is 63.8 Å². The van der Waals surface area contributed by atoms with Gasteiger partial charge in [-0.3, -0.25) is 9.36 Å². The van der Waals surface area contributed by atoms with Crippen LogP contribution >= 0.6 is 0 Å². The summed E-state index contributed by atoms with van der Waals surface area (Å²) in [5, 5.41) is 0.536. The molecule has 0 unspecified atom stereocenters. The molecule has 7 heteroatoms. The van der Waals surface area contributed by atoms with Gasteiger partial charge < -0.3 is 14.0 Å². The van der Waals surface area contributed by atoms with Gasteiger partial charge in [0.1, 0.15) is 12.1 Å². The molecule has 0 bridgehead atoms. The third kappa shape index (κ3) is 3.14. The second-order valence-electron chi connectivity index (χ2n) is 8.38. The summed E-state index contributed by atoms with van der Waals surface area (Å²) in [6.45, 7) is 10.1. The van der Waals surface area contributed by atoms with Crippen molar-refractivity contribution in [2.45, 2.75) is 45.8 Å². The summed E-state index contributed by atoms with van der Waals surface area (Å²) in [7, 11) is 1.10. The fourth-order valence-corrected chi connectivity index (χ4v) is 3.53. The molecule has 0 atom stereocenters. The molecule has 4 rings (SSSR count). The number of fused-ring (bicyclic) bond motifs is 1. The summed E-state index contributed by atoms with van der Waals surface area (Å²) < 4.78 is 19.2. The summed E-state index contributed by atoms with van der Waals surface area (Å²) in [6, 6.07) is 11.1. The molecule has 2 aromatic carbocycles. The van der Waals surface area contributed by atoms with E-state index in [1.165, 1.54) is 0 Å². The molecule has 150 valence electrons. The van der Waals surface area contributed by atoms with Crippen molar-refractivity contribution >= 4 is 23.5 Å². The highest BCUT2D eigenvalue weighted by Gasteiger charge is 2.52. The maximum Gasteiger partial charge on any atom is 0.495 e. The van der Waals surface area contributed by atoms with Crippen LogP contribution in [0.25, 0.3) is 16.6 Å². The Balaban J connectivity index is 1.81. The maximum atomic E-state index is 13.1. The van der Waals surface area contributed by atoms with E-state index in [9.17, 15) is 4.79 Å². The van der Waals surface area contributed by atoms with Gasteiger partial charge in [0.25, 0.3) is 5.56 Å². The van der Waals surface area contributed by atoms with Crippen LogP contribution in [0.2, 0.25) is 0 Å². The number of aromatic nitrogens is 2. The van der Waals surface area contributed by atoms with E-state index in [-0.39, 0.29) is 5.56 Å². The van der Waals surface area contributed by atoms with Crippen LogP contribution in [0.5, 0.6) is 5.75 Å². The molecule has 1 saturated heterocycles. The van der Waals surface area contributed by atoms with Crippen molar-refractivity contribution in [3.05, 3.63) is 58.6 Å². The van der Waals surface area contributed by atoms with Gasteiger partial charge in [0, 0.05) is 6.07 Å². The van der Waals surface area contributed by atoms with Gasteiger partial charge in [-0.2, -0.15) is 0 Å². The average molecular weight is 392 g/mol. The molecule has 0 radical (unpaired) electrons. The lowest BCUT2D eigenvalue weighted by molar-refractivity contribution is 0.00578. The molecule has 0 aliphatic carbocycles. The van der Waals surface area contributed by atoms with Crippen molar-refractivity contribution in [1.29, 1.82) is 0 Å². The molecular weight excluding hydrogens is 367 g/mol. The van der Waals surface area contributed by atoms with E-state index in [1.54, 1.807) is 36.2 Å². The molecule has 0 saturated carbocycles. The molecule has 1 fully saturated rings. The standard InChI is InChI=1S/C22H25BN2O4/c1-14-17(23-28-21(2,3)22(4,5)29-23)8-7-9-19(14)25-13-24-18-12-15(27-6)10-11-16(18)20(25)26/h7-13H,1-6H3. The number of ether oxygens (including phenoxy) is 1. The van der Waals surface area contributed by atoms with Crippen molar-refractivity contribution in [3.63, 3.8) is 0 Å². The minimum atomic E-state index is -0.492. The lowest BCUT2D eigenvalue weighted by Gasteiger charge is -2.32. The smallest absolute Gasteiger partial charge is 0.495 e. The van der Waals surface area contributed by atoms with Crippen LogP contribution in [0.15, 0.2) is 47.5 Å². The molecule has 0 spiro atoms. The summed E-state index contributed by atoms with van der Waals surface area (Å²) in [6.07, 6.45) is 1.56. The van der Waals surface area contributed by atoms with Crippen LogP contribution in [0.3, 0.4) is 0 Å². The zero-order chi connectivity index (χ0) is 21.0. The van der Waals surface area contributed by atoms with Crippen molar-refractivity contribution in [1.82, 2.24) is 9.55 Å². The predicted octanol–water partition coefficient (Wildman–Crippen LogP) is 3.00. The Morgan fingerprint density at radius 3 is 2.41 bits per heavy atom. The second-order valence-corrected chi connectivity index (χ2v) is 8.38. The minimum Gasteiger partial charge on any atom is -0.497 e. The number of hydrogen-bond donors (Lipinski definition) is 0. The van der Waals surface area contributed by atoms with Gasteiger partial charge in [-0.25, -0.2) is 4.98 Å². The van der Waals surface area contributed by atoms with Crippen LogP contribution in [-0.4, -0.2) is 35.0 Å². The van der Waals surface area contributed by atoms with E-state index >= 15 is 0 Å². The second kappa shape index (κ2) is 6.71. The van der Waals surface area contributed by atoms with Gasteiger partial charge in [0.2, 0.25) is 0 Å². The molecule has 1 aromatic heterocycles. The molecule has 0 amide bonds. The first-order chi connectivity index (χ1) is 13.6. The van der Waals surface area contributed by atoms with Crippen LogP contribution in [0, 0.1) is 6.92 Å². The van der Waals surface area contributed by atoms with E-state index in [0.717, 1.165) is 16.7 Å². The molecular formula is C22H25BN2O4. The molecule has 0 N–H and O–H groups in total. The van der Waals surface area contributed by atoms with Crippen molar-refractivity contribution < 1.29 is 14.0 Å². The number of rotatable bonds is 3. The lowest BCUT2D eigenvalue weighted by Crippen LogP contribution is -2.41. The van der Waals surface area contributed by atoms with Crippen molar-refractivity contribution in [2.75, 3.05) is 7.11 Å². The molecule has 1 aliphatic heterocycles. The first-order valence-electron chi connectivity index (χ1n) is 9.65. The molecule has 29 heavy (non-hydrogen) atoms. The zero-order valence-electron chi connectivity index (χ0n) is 17.6. The first kappa shape index (κ1) is 19.7. The SMILES string of the molecule is COc1ccc2c(=O)n(-c3cccc(B4OC(C)(C)C(C)(C)O4)c3C)cnc2c1. The highest BCUT2D eigenvalue weighted by Crippen LogP contribution is 2.36. The Kier molecular flexibility index (Phi) is 4.55. The van der Waals surface area contributed by atoms with Gasteiger partial charge in [0.15, 0.2) is 0 Å². The summed E-state index contributed by atoms with van der Waals surface area (Å²) in [5.41, 5.74) is 2.19. The summed E-state index contributed by atoms with van der Waals surface area (Å²) in [4.78, 5) is 17.6. The highest BCUT2D eigenvalue weighted by atomic mass is 16.7. The summed E-state index contributed by atoms with van der Waals surface area (Å²) >= 11 is 0. The largest absolute Gasteiger partial charge is 0.497 e. The quantitative estimate of drug-likeness (QED) is 0.642. The summed E-state index contributed by atoms with van der Waals surface area (Å²) in [5.74, 6) is 0.668. The van der Waals surface area contributed by atoms with Gasteiger partial charge in [-0.15, -0.1) is 0 Å². The molecule has 3 aromatic rings. The Hall–Kier alpha value is -2.64. The van der Waals surface area contributed by atoms with Crippen LogP contribution in [-0.2, 0) is 9.31 Å². The molecule has 2 heterocycles. The monoisotopic (exact) mass is 392 g/mol. The van der Waals surface area contributed by atoms with Crippen LogP contribution in [0.4, 0.5) is 0 Å². The molecule has 6 nitrogen and oxygen atoms in total. The first-order valence-corrected chi connectivity index (χ1v) is 9.65. The Labute approximate surface area is 170 Å². The lowest BCUT2D eigenvalue weighted by atomic mass is 9.76. The number of methoxy groups -OCH3 is 1. The Bertz CT molecular complexity index is 1140. The van der Waals surface area contributed by atoms with Crippen LogP contribution < -0.4 is 15.8 Å². The van der Waals surface area contributed by atoms with E-state index in [0.29, 0.717) is 16.7 Å². The van der Waals surface area contributed by atoms with E-state index < -0.39 is 18.3 Å². The van der Waals surface area contributed by atoms with E-state index in [1.807, 2.05) is 52.8 Å². The molecule has 1 aliphatic rings. The third-order valence-corrected chi connectivity index (χ3v) is 6.08. The van der Waals surface area contributed by atoms with Gasteiger partial charge >= 0.3 is 7.12 Å². The zero-order valence-corrected chi connectivity index (χ0v) is 17.6. The van der Waals surface area contributed by atoms with Gasteiger partial charge in [-0.1, -0.05) is 12.1 Å².